The Balaban J connectivity index is 1.58. The fraction of sp³-hybridized carbons (Fsp3) is 0.100. The van der Waals surface area contributed by atoms with Crippen LogP contribution in [0.4, 0.5) is 14.5 Å². The maximum atomic E-state index is 13.7. The molecule has 0 atom stereocenters. The Kier molecular flexibility index (Phi) is 5.28. The summed E-state index contributed by atoms with van der Waals surface area (Å²) in [6.07, 6.45) is 1.05. The van der Waals surface area contributed by atoms with Gasteiger partial charge in [-0.25, -0.2) is 13.8 Å². The fourth-order valence-electron chi connectivity index (χ4n) is 2.90. The molecule has 4 aromatic rings. The first kappa shape index (κ1) is 19.7. The first-order valence-electron chi connectivity index (χ1n) is 8.78. The molecule has 0 fully saturated rings. The summed E-state index contributed by atoms with van der Waals surface area (Å²) in [5.41, 5.74) is 0.0435. The van der Waals surface area contributed by atoms with Crippen LogP contribution in [-0.2, 0) is 11.3 Å². The van der Waals surface area contributed by atoms with E-state index in [0.29, 0.717) is 10.6 Å². The van der Waals surface area contributed by atoms with Gasteiger partial charge in [0.05, 0.1) is 10.7 Å². The summed E-state index contributed by atoms with van der Waals surface area (Å²) in [6, 6.07) is 9.56. The van der Waals surface area contributed by atoms with Gasteiger partial charge in [-0.1, -0.05) is 35.0 Å². The monoisotopic (exact) mass is 430 g/mol. The predicted octanol–water partition coefficient (Wildman–Crippen LogP) is 4.01. The SMILES string of the molecule is O=C(CCn1cnc2onc(-c3ccccc3Cl)c2c1=O)Nc1cc(F)ccc1F. The van der Waals surface area contributed by atoms with Gasteiger partial charge in [-0.2, -0.15) is 0 Å². The average Bonchev–Trinajstić information content (AvgIpc) is 3.15. The highest BCUT2D eigenvalue weighted by molar-refractivity contribution is 6.33. The van der Waals surface area contributed by atoms with E-state index in [2.05, 4.69) is 15.5 Å². The van der Waals surface area contributed by atoms with Crippen LogP contribution in [0.2, 0.25) is 5.02 Å². The summed E-state index contributed by atoms with van der Waals surface area (Å²) in [4.78, 5) is 29.1. The van der Waals surface area contributed by atoms with Crippen LogP contribution in [0, 0.1) is 11.6 Å². The lowest BCUT2D eigenvalue weighted by molar-refractivity contribution is -0.116. The van der Waals surface area contributed by atoms with Gasteiger partial charge in [0.15, 0.2) is 0 Å². The second kappa shape index (κ2) is 8.03. The van der Waals surface area contributed by atoms with E-state index in [9.17, 15) is 18.4 Å². The number of carbonyl (C=O) groups is 1. The number of rotatable bonds is 5. The summed E-state index contributed by atoms with van der Waals surface area (Å²) in [5, 5.41) is 6.70. The van der Waals surface area contributed by atoms with Crippen LogP contribution in [0.5, 0.6) is 0 Å². The molecule has 0 bridgehead atoms. The standard InChI is InChI=1S/C20H13ClF2N4O3/c21-13-4-2-1-3-12(13)18-17-19(30-26-18)24-10-27(20(17)29)8-7-16(28)25-15-9-11(22)5-6-14(15)23/h1-6,9-10H,7-8H2,(H,25,28). The number of hydrogen-bond acceptors (Lipinski definition) is 5. The number of halogens is 3. The van der Waals surface area contributed by atoms with Gasteiger partial charge in [-0.15, -0.1) is 0 Å². The van der Waals surface area contributed by atoms with Crippen molar-refractivity contribution in [2.24, 2.45) is 0 Å². The second-order valence-electron chi connectivity index (χ2n) is 6.36. The molecule has 4 rings (SSSR count). The van der Waals surface area contributed by atoms with Crippen LogP contribution < -0.4 is 10.9 Å². The van der Waals surface area contributed by atoms with Gasteiger partial charge in [0, 0.05) is 24.6 Å². The number of nitrogens with one attached hydrogen (secondary N) is 1. The highest BCUT2D eigenvalue weighted by Gasteiger charge is 2.19. The minimum Gasteiger partial charge on any atom is -0.335 e. The summed E-state index contributed by atoms with van der Waals surface area (Å²) in [5.74, 6) is -2.04. The van der Waals surface area contributed by atoms with E-state index in [1.54, 1.807) is 24.3 Å². The molecular weight excluding hydrogens is 418 g/mol. The van der Waals surface area contributed by atoms with Crippen molar-refractivity contribution in [2.75, 3.05) is 5.32 Å². The van der Waals surface area contributed by atoms with Crippen molar-refractivity contribution < 1.29 is 18.1 Å². The minimum absolute atomic E-state index is 0.0393. The molecule has 0 aliphatic rings. The molecule has 0 spiro atoms. The lowest BCUT2D eigenvalue weighted by Crippen LogP contribution is -2.23. The lowest BCUT2D eigenvalue weighted by atomic mass is 10.1. The number of aryl methyl sites for hydroxylation is 1. The van der Waals surface area contributed by atoms with Crippen LogP contribution in [0.15, 0.2) is 58.1 Å². The number of amides is 1. The number of hydrogen-bond donors (Lipinski definition) is 1. The third-order valence-electron chi connectivity index (χ3n) is 4.37. The Hall–Kier alpha value is -3.59. The quantitative estimate of drug-likeness (QED) is 0.516. The number of carbonyl (C=O) groups excluding carboxylic acids is 1. The average molecular weight is 431 g/mol. The van der Waals surface area contributed by atoms with E-state index in [1.807, 2.05) is 0 Å². The van der Waals surface area contributed by atoms with Crippen LogP contribution in [-0.4, -0.2) is 20.6 Å². The Morgan fingerprint density at radius 3 is 2.80 bits per heavy atom. The number of nitrogens with zero attached hydrogens (tertiary/aromatic N) is 3. The maximum Gasteiger partial charge on any atom is 0.266 e. The molecule has 0 unspecified atom stereocenters. The van der Waals surface area contributed by atoms with Gasteiger partial charge in [-0.05, 0) is 18.2 Å². The van der Waals surface area contributed by atoms with Crippen molar-refractivity contribution in [2.45, 2.75) is 13.0 Å². The molecule has 7 nitrogen and oxygen atoms in total. The first-order valence-corrected chi connectivity index (χ1v) is 9.16. The Bertz CT molecular complexity index is 1320. The van der Waals surface area contributed by atoms with Crippen LogP contribution in [0.1, 0.15) is 6.42 Å². The number of benzene rings is 2. The largest absolute Gasteiger partial charge is 0.335 e. The molecule has 0 aliphatic heterocycles. The smallest absolute Gasteiger partial charge is 0.266 e. The predicted molar refractivity (Wildman–Crippen MR) is 106 cm³/mol. The zero-order valence-electron chi connectivity index (χ0n) is 15.2. The molecule has 0 saturated carbocycles. The van der Waals surface area contributed by atoms with Crippen molar-refractivity contribution in [3.63, 3.8) is 0 Å². The topological polar surface area (TPSA) is 90.0 Å². The molecule has 1 amide bonds. The second-order valence-corrected chi connectivity index (χ2v) is 6.76. The van der Waals surface area contributed by atoms with Crippen molar-refractivity contribution in [3.8, 4) is 11.3 Å². The zero-order chi connectivity index (χ0) is 21.3. The molecule has 30 heavy (non-hydrogen) atoms. The molecule has 2 aromatic carbocycles. The van der Waals surface area contributed by atoms with Crippen molar-refractivity contribution >= 4 is 34.3 Å². The van der Waals surface area contributed by atoms with E-state index < -0.39 is 23.1 Å². The molecule has 0 radical (unpaired) electrons. The van der Waals surface area contributed by atoms with E-state index in [-0.39, 0.29) is 35.4 Å². The van der Waals surface area contributed by atoms with Gasteiger partial charge in [-0.3, -0.25) is 14.2 Å². The van der Waals surface area contributed by atoms with Crippen LogP contribution >= 0.6 is 11.6 Å². The number of aromatic nitrogens is 3. The molecule has 10 heteroatoms. The Morgan fingerprint density at radius 2 is 2.00 bits per heavy atom. The van der Waals surface area contributed by atoms with Gasteiger partial charge in [0.1, 0.15) is 29.0 Å². The van der Waals surface area contributed by atoms with Gasteiger partial charge in [0.25, 0.3) is 11.3 Å². The number of fused-ring (bicyclic) bond motifs is 1. The highest BCUT2D eigenvalue weighted by atomic mass is 35.5. The first-order chi connectivity index (χ1) is 14.4. The molecule has 0 aliphatic carbocycles. The lowest BCUT2D eigenvalue weighted by Gasteiger charge is -2.08. The summed E-state index contributed by atoms with van der Waals surface area (Å²) < 4.78 is 33.2. The van der Waals surface area contributed by atoms with Crippen molar-refractivity contribution in [1.82, 2.24) is 14.7 Å². The third-order valence-corrected chi connectivity index (χ3v) is 4.70. The van der Waals surface area contributed by atoms with E-state index in [0.717, 1.165) is 18.2 Å². The summed E-state index contributed by atoms with van der Waals surface area (Å²) >= 11 is 6.19. The minimum atomic E-state index is -0.765. The normalized spacial score (nSPS) is 11.0. The molecule has 2 heterocycles. The van der Waals surface area contributed by atoms with Crippen LogP contribution in [0.25, 0.3) is 22.4 Å². The highest BCUT2D eigenvalue weighted by Crippen LogP contribution is 2.30. The van der Waals surface area contributed by atoms with Crippen molar-refractivity contribution in [3.05, 3.63) is 75.8 Å². The van der Waals surface area contributed by atoms with E-state index >= 15 is 0 Å². The Labute approximate surface area is 172 Å². The summed E-state index contributed by atoms with van der Waals surface area (Å²) in [6.45, 7) is -0.0440. The van der Waals surface area contributed by atoms with E-state index in [1.165, 1.54) is 10.9 Å². The molecule has 152 valence electrons. The summed E-state index contributed by atoms with van der Waals surface area (Å²) in [7, 11) is 0. The molecule has 1 N–H and O–H groups in total. The molecular formula is C20H13ClF2N4O3. The van der Waals surface area contributed by atoms with Crippen molar-refractivity contribution in [1.29, 1.82) is 0 Å². The Morgan fingerprint density at radius 1 is 1.20 bits per heavy atom. The molecule has 2 aromatic heterocycles. The van der Waals surface area contributed by atoms with Gasteiger partial charge >= 0.3 is 0 Å². The fourth-order valence-corrected chi connectivity index (χ4v) is 3.13. The van der Waals surface area contributed by atoms with Gasteiger partial charge < -0.3 is 9.84 Å². The zero-order valence-corrected chi connectivity index (χ0v) is 16.0. The van der Waals surface area contributed by atoms with E-state index in [4.69, 9.17) is 16.1 Å². The number of anilines is 1. The van der Waals surface area contributed by atoms with Crippen LogP contribution in [0.3, 0.4) is 0 Å². The molecule has 0 saturated heterocycles. The van der Waals surface area contributed by atoms with Gasteiger partial charge in [0.2, 0.25) is 5.91 Å². The maximum absolute atomic E-state index is 13.7. The third kappa shape index (κ3) is 3.79.